The zero-order valence-corrected chi connectivity index (χ0v) is 14.2. The summed E-state index contributed by atoms with van der Waals surface area (Å²) in [4.78, 5) is 25.8. The molecule has 2 rings (SSSR count). The maximum Gasteiger partial charge on any atom is 0.338 e. The number of amides is 2. The number of likely N-dealkylation sites (tertiary alicyclic amines) is 1. The number of ether oxygens (including phenoxy) is 1. The number of nitrogens with zero attached hydrogens (tertiary/aromatic N) is 1. The summed E-state index contributed by atoms with van der Waals surface area (Å²) in [6, 6.07) is 6.57. The van der Waals surface area contributed by atoms with E-state index in [4.69, 9.17) is 9.84 Å². The van der Waals surface area contributed by atoms with E-state index in [0.29, 0.717) is 36.9 Å². The van der Waals surface area contributed by atoms with Crippen molar-refractivity contribution >= 4 is 17.7 Å². The fourth-order valence-corrected chi connectivity index (χ4v) is 2.60. The molecule has 1 heterocycles. The molecule has 132 valence electrons. The van der Waals surface area contributed by atoms with Gasteiger partial charge < -0.3 is 20.1 Å². The van der Waals surface area contributed by atoms with Gasteiger partial charge in [-0.05, 0) is 49.4 Å². The molecule has 6 nitrogen and oxygen atoms in total. The topological polar surface area (TPSA) is 78.9 Å². The minimum Gasteiger partial charge on any atom is -0.462 e. The lowest BCUT2D eigenvalue weighted by Gasteiger charge is -2.31. The number of aliphatic hydroxyl groups excluding tert-OH is 1. The van der Waals surface area contributed by atoms with Crippen LogP contribution in [0.4, 0.5) is 10.5 Å². The molecule has 1 aliphatic rings. The lowest BCUT2D eigenvalue weighted by molar-refractivity contribution is 0.0500. The molecule has 1 aromatic rings. The van der Waals surface area contributed by atoms with Crippen LogP contribution in [0.2, 0.25) is 0 Å². The van der Waals surface area contributed by atoms with Crippen molar-refractivity contribution in [3.63, 3.8) is 0 Å². The van der Waals surface area contributed by atoms with Crippen molar-refractivity contribution in [1.29, 1.82) is 0 Å². The third kappa shape index (κ3) is 5.23. The lowest BCUT2D eigenvalue weighted by Crippen LogP contribution is -2.41. The van der Waals surface area contributed by atoms with Gasteiger partial charge in [0.05, 0.1) is 12.2 Å². The van der Waals surface area contributed by atoms with Gasteiger partial charge in [0.1, 0.15) is 0 Å². The van der Waals surface area contributed by atoms with Gasteiger partial charge >= 0.3 is 12.0 Å². The fourth-order valence-electron chi connectivity index (χ4n) is 2.60. The molecule has 0 saturated carbocycles. The van der Waals surface area contributed by atoms with E-state index in [1.165, 1.54) is 0 Å². The Kier molecular flexibility index (Phi) is 7.06. The standard InChI is InChI=1S/C18H26N2O4/c1-2-3-12-24-17(22)15-4-6-16(7-5-15)19-18(23)20-10-8-14(13-21)9-11-20/h4-7,14,21H,2-3,8-13H2,1H3,(H,19,23). The second kappa shape index (κ2) is 9.27. The Morgan fingerprint density at radius 3 is 2.50 bits per heavy atom. The maximum absolute atomic E-state index is 12.2. The number of carbonyl (C=O) groups excluding carboxylic acids is 2. The van der Waals surface area contributed by atoms with Gasteiger partial charge in [-0.25, -0.2) is 9.59 Å². The van der Waals surface area contributed by atoms with Crippen molar-refractivity contribution in [3.8, 4) is 0 Å². The molecular formula is C18H26N2O4. The van der Waals surface area contributed by atoms with Crippen LogP contribution in [-0.4, -0.2) is 48.3 Å². The van der Waals surface area contributed by atoms with Crippen LogP contribution in [0.1, 0.15) is 43.0 Å². The Labute approximate surface area is 142 Å². The smallest absolute Gasteiger partial charge is 0.338 e. The normalized spacial score (nSPS) is 15.2. The van der Waals surface area contributed by atoms with E-state index in [0.717, 1.165) is 25.7 Å². The summed E-state index contributed by atoms with van der Waals surface area (Å²) >= 11 is 0. The van der Waals surface area contributed by atoms with E-state index in [2.05, 4.69) is 5.32 Å². The summed E-state index contributed by atoms with van der Waals surface area (Å²) in [5, 5.41) is 12.0. The zero-order chi connectivity index (χ0) is 17.4. The molecule has 0 bridgehead atoms. The molecule has 1 aromatic carbocycles. The number of hydrogen-bond donors (Lipinski definition) is 2. The average molecular weight is 334 g/mol. The molecule has 0 spiro atoms. The average Bonchev–Trinajstić information content (AvgIpc) is 2.62. The lowest BCUT2D eigenvalue weighted by atomic mass is 9.98. The number of rotatable bonds is 6. The SMILES string of the molecule is CCCCOC(=O)c1ccc(NC(=O)N2CCC(CO)CC2)cc1. The molecule has 2 amide bonds. The zero-order valence-electron chi connectivity index (χ0n) is 14.2. The van der Waals surface area contributed by atoms with Gasteiger partial charge in [0.15, 0.2) is 0 Å². The Balaban J connectivity index is 1.83. The number of nitrogens with one attached hydrogen (secondary N) is 1. The van der Waals surface area contributed by atoms with Crippen LogP contribution in [-0.2, 0) is 4.74 Å². The number of piperidine rings is 1. The Morgan fingerprint density at radius 1 is 1.25 bits per heavy atom. The predicted octanol–water partition coefficient (Wildman–Crippen LogP) is 2.88. The molecule has 0 aliphatic carbocycles. The quantitative estimate of drug-likeness (QED) is 0.619. The van der Waals surface area contributed by atoms with Gasteiger partial charge in [0.2, 0.25) is 0 Å². The van der Waals surface area contributed by atoms with E-state index in [9.17, 15) is 9.59 Å². The van der Waals surface area contributed by atoms with Crippen molar-refractivity contribution < 1.29 is 19.4 Å². The van der Waals surface area contributed by atoms with Crippen LogP contribution in [0.3, 0.4) is 0 Å². The number of carbonyl (C=O) groups is 2. The number of esters is 1. The largest absolute Gasteiger partial charge is 0.462 e. The Bertz CT molecular complexity index is 536. The van der Waals surface area contributed by atoms with E-state index in [-0.39, 0.29) is 18.6 Å². The van der Waals surface area contributed by atoms with Crippen LogP contribution in [0.5, 0.6) is 0 Å². The van der Waals surface area contributed by atoms with Gasteiger partial charge in [-0.1, -0.05) is 13.3 Å². The first-order valence-corrected chi connectivity index (χ1v) is 8.58. The van der Waals surface area contributed by atoms with E-state index in [1.807, 2.05) is 6.92 Å². The number of benzene rings is 1. The first-order valence-electron chi connectivity index (χ1n) is 8.58. The van der Waals surface area contributed by atoms with Crippen LogP contribution in [0.25, 0.3) is 0 Å². The summed E-state index contributed by atoms with van der Waals surface area (Å²) in [6.07, 6.45) is 3.49. The second-order valence-corrected chi connectivity index (χ2v) is 6.11. The molecular weight excluding hydrogens is 308 g/mol. The Hall–Kier alpha value is -2.08. The monoisotopic (exact) mass is 334 g/mol. The van der Waals surface area contributed by atoms with Gasteiger partial charge in [-0.2, -0.15) is 0 Å². The molecule has 24 heavy (non-hydrogen) atoms. The number of unbranched alkanes of at least 4 members (excludes halogenated alkanes) is 1. The summed E-state index contributed by atoms with van der Waals surface area (Å²) in [6.45, 7) is 3.96. The third-order valence-corrected chi connectivity index (χ3v) is 4.26. The third-order valence-electron chi connectivity index (χ3n) is 4.26. The molecule has 1 fully saturated rings. The van der Waals surface area contributed by atoms with Crippen LogP contribution >= 0.6 is 0 Å². The predicted molar refractivity (Wildman–Crippen MR) is 92.0 cm³/mol. The second-order valence-electron chi connectivity index (χ2n) is 6.11. The molecule has 0 radical (unpaired) electrons. The molecule has 6 heteroatoms. The first kappa shape index (κ1) is 18.3. The molecule has 1 saturated heterocycles. The highest BCUT2D eigenvalue weighted by molar-refractivity contribution is 5.92. The van der Waals surface area contributed by atoms with Crippen molar-refractivity contribution in [1.82, 2.24) is 4.90 Å². The summed E-state index contributed by atoms with van der Waals surface area (Å²) in [7, 11) is 0. The van der Waals surface area contributed by atoms with Crippen molar-refractivity contribution in [2.24, 2.45) is 5.92 Å². The van der Waals surface area contributed by atoms with E-state index < -0.39 is 0 Å². The summed E-state index contributed by atoms with van der Waals surface area (Å²) in [5.74, 6) is -0.0422. The van der Waals surface area contributed by atoms with Crippen molar-refractivity contribution in [2.75, 3.05) is 31.6 Å². The van der Waals surface area contributed by atoms with E-state index in [1.54, 1.807) is 29.2 Å². The highest BCUT2D eigenvalue weighted by Gasteiger charge is 2.22. The maximum atomic E-state index is 12.2. The van der Waals surface area contributed by atoms with Gasteiger partial charge in [-0.15, -0.1) is 0 Å². The minimum atomic E-state index is -0.340. The molecule has 0 unspecified atom stereocenters. The van der Waals surface area contributed by atoms with Crippen molar-refractivity contribution in [3.05, 3.63) is 29.8 Å². The summed E-state index contributed by atoms with van der Waals surface area (Å²) in [5.41, 5.74) is 1.13. The Morgan fingerprint density at radius 2 is 1.92 bits per heavy atom. The number of hydrogen-bond acceptors (Lipinski definition) is 4. The van der Waals surface area contributed by atoms with E-state index >= 15 is 0 Å². The van der Waals surface area contributed by atoms with Gasteiger partial charge in [-0.3, -0.25) is 0 Å². The van der Waals surface area contributed by atoms with Crippen LogP contribution < -0.4 is 5.32 Å². The van der Waals surface area contributed by atoms with Crippen LogP contribution in [0, 0.1) is 5.92 Å². The fraction of sp³-hybridized carbons (Fsp3) is 0.556. The van der Waals surface area contributed by atoms with Crippen LogP contribution in [0.15, 0.2) is 24.3 Å². The number of anilines is 1. The number of aliphatic hydroxyl groups is 1. The molecule has 1 aliphatic heterocycles. The molecule has 0 aromatic heterocycles. The van der Waals surface area contributed by atoms with Crippen molar-refractivity contribution in [2.45, 2.75) is 32.6 Å². The highest BCUT2D eigenvalue weighted by Crippen LogP contribution is 2.18. The highest BCUT2D eigenvalue weighted by atomic mass is 16.5. The minimum absolute atomic E-state index is 0.148. The summed E-state index contributed by atoms with van der Waals surface area (Å²) < 4.78 is 5.15. The van der Waals surface area contributed by atoms with Gasteiger partial charge in [0.25, 0.3) is 0 Å². The molecule has 2 N–H and O–H groups in total. The molecule has 0 atom stereocenters. The first-order chi connectivity index (χ1) is 11.6. The van der Waals surface area contributed by atoms with Gasteiger partial charge in [0, 0.05) is 25.4 Å². The number of urea groups is 1.